The van der Waals surface area contributed by atoms with Crippen LogP contribution >= 0.6 is 0 Å². The van der Waals surface area contributed by atoms with Gasteiger partial charge in [-0.05, 0) is 40.0 Å². The van der Waals surface area contributed by atoms with Gasteiger partial charge in [0.25, 0.3) is 0 Å². The maximum absolute atomic E-state index is 12.5. The SMILES string of the molecule is [2H]N(C(=O)C(C)OCCNC(=O)CCCCCCCCCCNC(=O)C(=C)C)[C@@H](C)C(=O)N[C@@H](CCC(=O)O)C(N)=O. The molecule has 0 aliphatic heterocycles. The van der Waals surface area contributed by atoms with Crippen molar-refractivity contribution in [3.63, 3.8) is 0 Å². The van der Waals surface area contributed by atoms with E-state index in [9.17, 15) is 28.8 Å². The molecular weight excluding hydrogens is 534 g/mol. The number of nitrogens with one attached hydrogen (secondary N) is 4. The fourth-order valence-electron chi connectivity index (χ4n) is 3.61. The monoisotopic (exact) mass is 584 g/mol. The Hall–Kier alpha value is -3.48. The molecule has 0 fully saturated rings. The molecule has 0 heterocycles. The molecule has 0 aliphatic carbocycles. The molecule has 5 amide bonds. The van der Waals surface area contributed by atoms with Crippen molar-refractivity contribution in [2.75, 3.05) is 19.7 Å². The quantitative estimate of drug-likeness (QED) is 0.0712. The minimum Gasteiger partial charge on any atom is -0.481 e. The minimum absolute atomic E-state index is 0.0306. The van der Waals surface area contributed by atoms with Crippen LogP contribution in [0, 0.1) is 0 Å². The van der Waals surface area contributed by atoms with Crippen LogP contribution in [-0.2, 0) is 33.5 Å². The van der Waals surface area contributed by atoms with Crippen LogP contribution in [-0.4, -0.2) is 78.5 Å². The Morgan fingerprint density at radius 1 is 0.878 bits per heavy atom. The van der Waals surface area contributed by atoms with E-state index in [-0.39, 0.29) is 31.4 Å². The topological polar surface area (TPSA) is 206 Å². The lowest BCUT2D eigenvalue weighted by Crippen LogP contribution is -2.53. The summed E-state index contributed by atoms with van der Waals surface area (Å²) in [5.41, 5.74) is 5.71. The molecule has 0 radical (unpaired) electrons. The van der Waals surface area contributed by atoms with Crippen LogP contribution in [0.2, 0.25) is 1.41 Å². The van der Waals surface area contributed by atoms with E-state index in [0.29, 0.717) is 23.8 Å². The average molecular weight is 585 g/mol. The van der Waals surface area contributed by atoms with Crippen LogP contribution in [0.15, 0.2) is 12.2 Å². The lowest BCUT2D eigenvalue weighted by atomic mass is 10.1. The van der Waals surface area contributed by atoms with Crippen LogP contribution in [0.25, 0.3) is 0 Å². The van der Waals surface area contributed by atoms with Crippen LogP contribution in [0.5, 0.6) is 0 Å². The van der Waals surface area contributed by atoms with Crippen LogP contribution in [0.3, 0.4) is 0 Å². The molecule has 0 aliphatic rings. The third-order valence-electron chi connectivity index (χ3n) is 6.15. The molecule has 0 aromatic rings. The van der Waals surface area contributed by atoms with Gasteiger partial charge in [0.1, 0.15) is 18.2 Å². The van der Waals surface area contributed by atoms with Crippen LogP contribution < -0.4 is 27.0 Å². The van der Waals surface area contributed by atoms with Crippen molar-refractivity contribution < 1.29 is 40.0 Å². The number of hydrogen-bond acceptors (Lipinski definition) is 7. The molecule has 0 saturated heterocycles. The van der Waals surface area contributed by atoms with Gasteiger partial charge in [-0.15, -0.1) is 0 Å². The van der Waals surface area contributed by atoms with E-state index in [1.807, 2.05) is 0 Å². The summed E-state index contributed by atoms with van der Waals surface area (Å²) in [7, 11) is 0. The van der Waals surface area contributed by atoms with Crippen LogP contribution in [0.4, 0.5) is 0 Å². The van der Waals surface area contributed by atoms with Crippen molar-refractivity contribution in [3.8, 4) is 0 Å². The predicted molar refractivity (Wildman–Crippen MR) is 153 cm³/mol. The molecule has 0 aromatic heterocycles. The molecule has 0 rings (SSSR count). The smallest absolute Gasteiger partial charge is 0.303 e. The lowest BCUT2D eigenvalue weighted by Gasteiger charge is -2.20. The summed E-state index contributed by atoms with van der Waals surface area (Å²) >= 11 is 0. The zero-order chi connectivity index (χ0) is 32.1. The Morgan fingerprint density at radius 3 is 2.02 bits per heavy atom. The molecule has 41 heavy (non-hydrogen) atoms. The third-order valence-corrected chi connectivity index (χ3v) is 6.15. The first kappa shape index (κ1) is 35.5. The zero-order valence-electron chi connectivity index (χ0n) is 25.7. The Morgan fingerprint density at radius 2 is 1.46 bits per heavy atom. The summed E-state index contributed by atoms with van der Waals surface area (Å²) < 4.78 is 13.4. The standard InChI is InChI=1S/C28H49N5O8/c1-19(2)26(38)31-16-12-10-8-6-5-7-9-11-13-23(34)30-17-18-41-21(4)28(40)32-20(3)27(39)33-22(25(29)37)14-15-24(35)36/h20-22H,1,5-18H2,2-4H3,(H2,29,37)(H,30,34)(H,31,38)(H,32,40)(H,33,39)(H,35,36)/t20-,21?,22-/m0/s1/i/hD. The highest BCUT2D eigenvalue weighted by Gasteiger charge is 2.24. The largest absolute Gasteiger partial charge is 0.481 e. The number of carboxylic acid groups (broad SMARTS) is 1. The van der Waals surface area contributed by atoms with Gasteiger partial charge in [-0.2, -0.15) is 0 Å². The Balaban J connectivity index is 4.03. The number of carbonyl (C=O) groups is 6. The number of unbranched alkanes of at least 4 members (excludes halogenated alkanes) is 7. The summed E-state index contributed by atoms with van der Waals surface area (Å²) in [5, 5.41) is 17.0. The van der Waals surface area contributed by atoms with Crippen molar-refractivity contribution in [2.45, 2.75) is 110 Å². The maximum Gasteiger partial charge on any atom is 0.303 e. The number of carboxylic acids is 1. The summed E-state index contributed by atoms with van der Waals surface area (Å²) in [6.07, 6.45) is 6.83. The molecule has 234 valence electrons. The highest BCUT2D eigenvalue weighted by atomic mass is 16.5. The first-order valence-electron chi connectivity index (χ1n) is 14.7. The summed E-state index contributed by atoms with van der Waals surface area (Å²) in [6, 6.07) is -2.54. The number of amides is 5. The summed E-state index contributed by atoms with van der Waals surface area (Å²) in [5.74, 6) is -3.95. The minimum atomic E-state index is -1.30. The maximum atomic E-state index is 12.5. The zero-order valence-corrected chi connectivity index (χ0v) is 24.7. The normalized spacial score (nSPS) is 13.2. The Bertz CT molecular complexity index is 917. The molecule has 0 saturated carbocycles. The average Bonchev–Trinajstić information content (AvgIpc) is 2.94. The number of primary amides is 1. The fraction of sp³-hybridized carbons (Fsp3) is 0.714. The van der Waals surface area contributed by atoms with Gasteiger partial charge in [0.15, 0.2) is 1.41 Å². The van der Waals surface area contributed by atoms with Crippen molar-refractivity contribution in [1.29, 1.82) is 0 Å². The number of rotatable bonds is 24. The number of aliphatic carboxylic acids is 1. The molecule has 0 aromatic carbocycles. The van der Waals surface area contributed by atoms with E-state index >= 15 is 0 Å². The van der Waals surface area contributed by atoms with Crippen LogP contribution in [0.1, 0.15) is 91.4 Å². The molecule has 0 spiro atoms. The lowest BCUT2D eigenvalue weighted by molar-refractivity contribution is -0.138. The van der Waals surface area contributed by atoms with E-state index in [1.165, 1.54) is 13.8 Å². The predicted octanol–water partition coefficient (Wildman–Crippen LogP) is 1.05. The second-order valence-corrected chi connectivity index (χ2v) is 10.0. The van der Waals surface area contributed by atoms with Crippen molar-refractivity contribution >= 4 is 35.5 Å². The first-order chi connectivity index (χ1) is 19.8. The van der Waals surface area contributed by atoms with E-state index in [1.54, 1.807) is 6.92 Å². The first-order valence-corrected chi connectivity index (χ1v) is 14.2. The van der Waals surface area contributed by atoms with Gasteiger partial charge in [0.05, 0.1) is 6.61 Å². The van der Waals surface area contributed by atoms with E-state index in [2.05, 4.69) is 22.5 Å². The molecular formula is C28H49N5O8. The molecule has 1 unspecified atom stereocenters. The van der Waals surface area contributed by atoms with Gasteiger partial charge in [-0.1, -0.05) is 45.1 Å². The summed E-state index contributed by atoms with van der Waals surface area (Å²) in [4.78, 5) is 70.4. The number of ether oxygens (including phenoxy) is 1. The van der Waals surface area contributed by atoms with Gasteiger partial charge in [-0.3, -0.25) is 28.8 Å². The highest BCUT2D eigenvalue weighted by Crippen LogP contribution is 2.09. The molecule has 7 N–H and O–H groups in total. The van der Waals surface area contributed by atoms with Crippen molar-refractivity contribution in [1.82, 2.24) is 21.3 Å². The molecule has 3 atom stereocenters. The van der Waals surface area contributed by atoms with Gasteiger partial charge >= 0.3 is 5.97 Å². The second-order valence-electron chi connectivity index (χ2n) is 10.0. The Kier molecular flexibility index (Phi) is 19.3. The number of nitrogens with two attached hydrogens (primary N) is 1. The van der Waals surface area contributed by atoms with E-state index in [0.717, 1.165) is 51.4 Å². The van der Waals surface area contributed by atoms with E-state index in [4.69, 9.17) is 17.0 Å². The second kappa shape index (κ2) is 22.2. The van der Waals surface area contributed by atoms with Gasteiger partial charge in [0.2, 0.25) is 29.5 Å². The fourth-order valence-corrected chi connectivity index (χ4v) is 3.61. The molecule has 0 bridgehead atoms. The number of carbonyl (C=O) groups excluding carboxylic acids is 5. The number of hydrogen-bond donors (Lipinski definition) is 6. The van der Waals surface area contributed by atoms with E-state index < -0.39 is 48.3 Å². The highest BCUT2D eigenvalue weighted by molar-refractivity contribution is 5.92. The van der Waals surface area contributed by atoms with Gasteiger partial charge in [0, 0.05) is 31.5 Å². The third kappa shape index (κ3) is 20.1. The molecule has 13 nitrogen and oxygen atoms in total. The van der Waals surface area contributed by atoms with Gasteiger partial charge in [-0.25, -0.2) is 0 Å². The van der Waals surface area contributed by atoms with Crippen molar-refractivity contribution in [2.24, 2.45) is 5.73 Å². The van der Waals surface area contributed by atoms with Gasteiger partial charge < -0.3 is 36.8 Å². The molecule has 13 heteroatoms. The Labute approximate surface area is 244 Å². The van der Waals surface area contributed by atoms with Crippen molar-refractivity contribution in [3.05, 3.63) is 12.2 Å². The summed E-state index contributed by atoms with van der Waals surface area (Å²) in [6.45, 7) is 8.85.